The lowest BCUT2D eigenvalue weighted by atomic mass is 9.99. The highest BCUT2D eigenvalue weighted by Gasteiger charge is 2.20. The van der Waals surface area contributed by atoms with Gasteiger partial charge in [0.15, 0.2) is 19.7 Å². The third kappa shape index (κ3) is 4.29. The maximum absolute atomic E-state index is 11.8. The van der Waals surface area contributed by atoms with Crippen LogP contribution in [0.1, 0.15) is 19.4 Å². The van der Waals surface area contributed by atoms with E-state index in [9.17, 15) is 21.9 Å². The molecule has 0 radical (unpaired) electrons. The molecule has 1 rings (SSSR count). The fourth-order valence-electron chi connectivity index (χ4n) is 1.74. The summed E-state index contributed by atoms with van der Waals surface area (Å²) in [6.07, 6.45) is 1.54. The number of aliphatic hydroxyl groups excluding tert-OH is 1. The maximum atomic E-state index is 11.8. The SMILES string of the molecule is CC(C)C(O)Cc1ccc(S(C)(=O)=O)cc1S(C)(=O)=O. The molecule has 1 aromatic rings. The number of hydrogen-bond donors (Lipinski definition) is 1. The first-order chi connectivity index (χ1) is 8.93. The van der Waals surface area contributed by atoms with Crippen LogP contribution < -0.4 is 0 Å². The molecule has 114 valence electrons. The van der Waals surface area contributed by atoms with Crippen LogP contribution in [0.15, 0.2) is 28.0 Å². The Labute approximate surface area is 120 Å². The quantitative estimate of drug-likeness (QED) is 0.876. The summed E-state index contributed by atoms with van der Waals surface area (Å²) >= 11 is 0. The summed E-state index contributed by atoms with van der Waals surface area (Å²) in [5.74, 6) is -0.0167. The fraction of sp³-hybridized carbons (Fsp3) is 0.538. The van der Waals surface area contributed by atoms with Gasteiger partial charge in [-0.15, -0.1) is 0 Å². The van der Waals surface area contributed by atoms with Gasteiger partial charge in [0, 0.05) is 12.5 Å². The van der Waals surface area contributed by atoms with Crippen LogP contribution in [0.2, 0.25) is 0 Å². The van der Waals surface area contributed by atoms with Gasteiger partial charge in [-0.3, -0.25) is 0 Å². The summed E-state index contributed by atoms with van der Waals surface area (Å²) < 4.78 is 46.6. The van der Waals surface area contributed by atoms with E-state index < -0.39 is 25.8 Å². The molecule has 0 aromatic heterocycles. The predicted octanol–water partition coefficient (Wildman–Crippen LogP) is 1.05. The number of benzene rings is 1. The van der Waals surface area contributed by atoms with Gasteiger partial charge in [-0.1, -0.05) is 19.9 Å². The summed E-state index contributed by atoms with van der Waals surface area (Å²) in [5, 5.41) is 9.89. The lowest BCUT2D eigenvalue weighted by Gasteiger charge is -2.17. The fourth-order valence-corrected chi connectivity index (χ4v) is 3.43. The van der Waals surface area contributed by atoms with E-state index in [0.29, 0.717) is 5.56 Å². The Bertz CT molecular complexity index is 687. The largest absolute Gasteiger partial charge is 0.393 e. The van der Waals surface area contributed by atoms with E-state index in [1.807, 2.05) is 13.8 Å². The Kier molecular flexibility index (Phi) is 4.99. The van der Waals surface area contributed by atoms with Crippen molar-refractivity contribution < 1.29 is 21.9 Å². The van der Waals surface area contributed by atoms with Gasteiger partial charge in [-0.25, -0.2) is 16.8 Å². The number of aliphatic hydroxyl groups is 1. The summed E-state index contributed by atoms with van der Waals surface area (Å²) in [6.45, 7) is 3.66. The highest BCUT2D eigenvalue weighted by Crippen LogP contribution is 2.23. The summed E-state index contributed by atoms with van der Waals surface area (Å²) in [6, 6.07) is 3.98. The minimum absolute atomic E-state index is 0.0167. The van der Waals surface area contributed by atoms with E-state index in [4.69, 9.17) is 0 Å². The molecule has 0 saturated heterocycles. The van der Waals surface area contributed by atoms with Gasteiger partial charge in [0.05, 0.1) is 15.9 Å². The van der Waals surface area contributed by atoms with Crippen LogP contribution in [0.3, 0.4) is 0 Å². The zero-order chi connectivity index (χ0) is 15.7. The Balaban J connectivity index is 3.40. The average molecular weight is 320 g/mol. The molecular weight excluding hydrogens is 300 g/mol. The normalized spacial score (nSPS) is 14.5. The summed E-state index contributed by atoms with van der Waals surface area (Å²) in [7, 11) is -7.04. The van der Waals surface area contributed by atoms with Crippen LogP contribution in [-0.2, 0) is 26.1 Å². The molecule has 0 aliphatic carbocycles. The molecule has 7 heteroatoms. The van der Waals surface area contributed by atoms with Crippen molar-refractivity contribution in [1.29, 1.82) is 0 Å². The van der Waals surface area contributed by atoms with Crippen molar-refractivity contribution in [3.8, 4) is 0 Å². The molecule has 1 aromatic carbocycles. The predicted molar refractivity (Wildman–Crippen MR) is 77.2 cm³/mol. The monoisotopic (exact) mass is 320 g/mol. The van der Waals surface area contributed by atoms with Crippen molar-refractivity contribution in [2.24, 2.45) is 5.92 Å². The van der Waals surface area contributed by atoms with Crippen molar-refractivity contribution in [2.45, 2.75) is 36.2 Å². The third-order valence-electron chi connectivity index (χ3n) is 3.06. The molecule has 0 spiro atoms. The number of sulfone groups is 2. The Morgan fingerprint density at radius 3 is 2.00 bits per heavy atom. The van der Waals surface area contributed by atoms with Crippen LogP contribution in [-0.4, -0.2) is 40.6 Å². The molecule has 1 unspecified atom stereocenters. The van der Waals surface area contributed by atoms with Crippen molar-refractivity contribution in [3.05, 3.63) is 23.8 Å². The van der Waals surface area contributed by atoms with Crippen molar-refractivity contribution in [3.63, 3.8) is 0 Å². The maximum Gasteiger partial charge on any atom is 0.175 e. The Hall–Kier alpha value is -0.920. The standard InChI is InChI=1S/C13H20O5S2/c1-9(2)12(14)7-10-5-6-11(19(3,15)16)8-13(10)20(4,17)18/h5-6,8-9,12,14H,7H2,1-4H3. The second kappa shape index (κ2) is 5.83. The van der Waals surface area contributed by atoms with Gasteiger partial charge in [-0.2, -0.15) is 0 Å². The molecule has 0 bridgehead atoms. The summed E-state index contributed by atoms with van der Waals surface area (Å²) in [4.78, 5) is -0.0826. The molecule has 0 amide bonds. The first kappa shape index (κ1) is 17.1. The molecule has 0 aliphatic heterocycles. The lowest BCUT2D eigenvalue weighted by Crippen LogP contribution is -2.19. The van der Waals surface area contributed by atoms with Crippen molar-refractivity contribution >= 4 is 19.7 Å². The highest BCUT2D eigenvalue weighted by molar-refractivity contribution is 7.91. The molecule has 0 fully saturated rings. The second-order valence-corrected chi connectivity index (χ2v) is 9.33. The topological polar surface area (TPSA) is 88.5 Å². The van der Waals surface area contributed by atoms with Crippen LogP contribution >= 0.6 is 0 Å². The van der Waals surface area contributed by atoms with Gasteiger partial charge >= 0.3 is 0 Å². The molecular formula is C13H20O5S2. The second-order valence-electron chi connectivity index (χ2n) is 5.33. The van der Waals surface area contributed by atoms with E-state index >= 15 is 0 Å². The first-order valence-corrected chi connectivity index (χ1v) is 9.92. The molecule has 0 saturated carbocycles. The minimum Gasteiger partial charge on any atom is -0.393 e. The zero-order valence-corrected chi connectivity index (χ0v) is 13.6. The Morgan fingerprint density at radius 2 is 1.60 bits per heavy atom. The van der Waals surface area contributed by atoms with Gasteiger partial charge in [0.25, 0.3) is 0 Å². The third-order valence-corrected chi connectivity index (χ3v) is 5.35. The molecule has 0 aliphatic rings. The van der Waals surface area contributed by atoms with Gasteiger partial charge in [0.2, 0.25) is 0 Å². The summed E-state index contributed by atoms with van der Waals surface area (Å²) in [5.41, 5.74) is 0.432. The lowest BCUT2D eigenvalue weighted by molar-refractivity contribution is 0.125. The number of hydrogen-bond acceptors (Lipinski definition) is 5. The van der Waals surface area contributed by atoms with E-state index in [-0.39, 0.29) is 22.1 Å². The Morgan fingerprint density at radius 1 is 1.05 bits per heavy atom. The molecule has 1 N–H and O–H groups in total. The molecule has 0 heterocycles. The first-order valence-electron chi connectivity index (χ1n) is 6.14. The van der Waals surface area contributed by atoms with Crippen molar-refractivity contribution in [1.82, 2.24) is 0 Å². The van der Waals surface area contributed by atoms with Crippen molar-refractivity contribution in [2.75, 3.05) is 12.5 Å². The van der Waals surface area contributed by atoms with Crippen LogP contribution in [0.25, 0.3) is 0 Å². The highest BCUT2D eigenvalue weighted by atomic mass is 32.2. The average Bonchev–Trinajstić information content (AvgIpc) is 2.26. The molecule has 20 heavy (non-hydrogen) atoms. The van der Waals surface area contributed by atoms with E-state index in [1.165, 1.54) is 12.1 Å². The van der Waals surface area contributed by atoms with Crippen LogP contribution in [0.4, 0.5) is 0 Å². The number of rotatable bonds is 5. The molecule has 1 atom stereocenters. The van der Waals surface area contributed by atoms with Gasteiger partial charge in [-0.05, 0) is 30.0 Å². The van der Waals surface area contributed by atoms with Gasteiger partial charge in [0.1, 0.15) is 0 Å². The molecule has 5 nitrogen and oxygen atoms in total. The van der Waals surface area contributed by atoms with Gasteiger partial charge < -0.3 is 5.11 Å². The zero-order valence-electron chi connectivity index (χ0n) is 12.0. The smallest absolute Gasteiger partial charge is 0.175 e. The van der Waals surface area contributed by atoms with E-state index in [2.05, 4.69) is 0 Å². The minimum atomic E-state index is -3.56. The van der Waals surface area contributed by atoms with E-state index in [0.717, 1.165) is 18.6 Å². The van der Waals surface area contributed by atoms with Crippen LogP contribution in [0, 0.1) is 5.92 Å². The van der Waals surface area contributed by atoms with Crippen LogP contribution in [0.5, 0.6) is 0 Å². The van der Waals surface area contributed by atoms with E-state index in [1.54, 1.807) is 0 Å².